The number of sulfonamides is 1. The minimum absolute atomic E-state index is 0.00149. The average Bonchev–Trinajstić information content (AvgIpc) is 2.39. The van der Waals surface area contributed by atoms with Crippen LogP contribution >= 0.6 is 23.2 Å². The Bertz CT molecular complexity index is 766. The molecule has 1 N–H and O–H groups in total. The van der Waals surface area contributed by atoms with Crippen molar-refractivity contribution in [3.05, 3.63) is 51.9 Å². The Kier molecular flexibility index (Phi) is 4.17. The molecule has 0 unspecified atom stereocenters. The zero-order valence-corrected chi connectivity index (χ0v) is 12.5. The van der Waals surface area contributed by atoms with Crippen LogP contribution in [-0.4, -0.2) is 13.4 Å². The molecule has 1 aromatic carbocycles. The van der Waals surface area contributed by atoms with Gasteiger partial charge < -0.3 is 0 Å². The number of nitrogens with one attached hydrogen (secondary N) is 1. The summed E-state index contributed by atoms with van der Waals surface area (Å²) in [6.07, 6.45) is 1.18. The molecule has 0 amide bonds. The van der Waals surface area contributed by atoms with Gasteiger partial charge in [0.2, 0.25) is 5.03 Å². The van der Waals surface area contributed by atoms with Crippen molar-refractivity contribution in [3.8, 4) is 0 Å². The number of halogens is 3. The Hall–Kier alpha value is -1.37. The quantitative estimate of drug-likeness (QED) is 0.932. The number of nitrogens with zero attached hydrogens (tertiary/aromatic N) is 1. The molecular formula is C12H9Cl2FN2O2S. The first kappa shape index (κ1) is 15.0. The fraction of sp³-hybridized carbons (Fsp3) is 0.0833. The van der Waals surface area contributed by atoms with Gasteiger partial charge in [-0.05, 0) is 30.7 Å². The second-order valence-electron chi connectivity index (χ2n) is 3.95. The van der Waals surface area contributed by atoms with E-state index in [4.69, 9.17) is 23.2 Å². The third-order valence-corrected chi connectivity index (χ3v) is 4.58. The van der Waals surface area contributed by atoms with Crippen LogP contribution in [0.25, 0.3) is 0 Å². The summed E-state index contributed by atoms with van der Waals surface area (Å²) in [4.78, 5) is 3.52. The Balaban J connectivity index is 2.50. The fourth-order valence-corrected chi connectivity index (χ4v) is 3.18. The van der Waals surface area contributed by atoms with E-state index in [1.807, 2.05) is 0 Å². The monoisotopic (exact) mass is 334 g/mol. The van der Waals surface area contributed by atoms with Gasteiger partial charge in [0.05, 0.1) is 15.7 Å². The van der Waals surface area contributed by atoms with Gasteiger partial charge in [0, 0.05) is 6.20 Å². The van der Waals surface area contributed by atoms with Gasteiger partial charge in [0.1, 0.15) is 0 Å². The van der Waals surface area contributed by atoms with E-state index in [-0.39, 0.29) is 15.7 Å². The lowest BCUT2D eigenvalue weighted by Crippen LogP contribution is -2.16. The lowest BCUT2D eigenvalue weighted by Gasteiger charge is -2.12. The predicted octanol–water partition coefficient (Wildman–Crippen LogP) is 3.64. The standard InChI is InChI=1S/C12H9Cl2FN2O2S/c1-7-4-5-8(13)11(10(7)14)17-20(18,19)12-9(15)3-2-6-16-12/h2-6,17H,1H3. The van der Waals surface area contributed by atoms with Gasteiger partial charge in [-0.25, -0.2) is 9.37 Å². The molecule has 2 aromatic rings. The molecule has 0 aliphatic carbocycles. The largest absolute Gasteiger partial charge is 0.282 e. The van der Waals surface area contributed by atoms with E-state index in [1.165, 1.54) is 18.3 Å². The van der Waals surface area contributed by atoms with Crippen molar-refractivity contribution in [3.63, 3.8) is 0 Å². The van der Waals surface area contributed by atoms with Crippen LogP contribution in [0.4, 0.5) is 10.1 Å². The summed E-state index contributed by atoms with van der Waals surface area (Å²) >= 11 is 11.9. The molecule has 1 aromatic heterocycles. The highest BCUT2D eigenvalue weighted by molar-refractivity contribution is 7.92. The highest BCUT2D eigenvalue weighted by Crippen LogP contribution is 2.34. The van der Waals surface area contributed by atoms with E-state index in [0.717, 1.165) is 6.07 Å². The molecule has 2 rings (SSSR count). The highest BCUT2D eigenvalue weighted by Gasteiger charge is 2.23. The maximum Gasteiger partial charge on any atom is 0.282 e. The molecule has 4 nitrogen and oxygen atoms in total. The third-order valence-electron chi connectivity index (χ3n) is 2.50. The van der Waals surface area contributed by atoms with Crippen molar-refractivity contribution in [2.45, 2.75) is 11.9 Å². The van der Waals surface area contributed by atoms with Gasteiger partial charge in [-0.3, -0.25) is 4.72 Å². The lowest BCUT2D eigenvalue weighted by molar-refractivity contribution is 0.557. The number of rotatable bonds is 3. The molecule has 0 atom stereocenters. The Morgan fingerprint density at radius 2 is 1.95 bits per heavy atom. The van der Waals surface area contributed by atoms with Gasteiger partial charge in [-0.2, -0.15) is 8.42 Å². The van der Waals surface area contributed by atoms with Crippen LogP contribution in [0.15, 0.2) is 35.5 Å². The summed E-state index contributed by atoms with van der Waals surface area (Å²) in [7, 11) is -4.21. The number of hydrogen-bond acceptors (Lipinski definition) is 3. The number of aryl methyl sites for hydroxylation is 1. The molecule has 0 radical (unpaired) electrons. The molecule has 0 aliphatic rings. The number of hydrogen-bond donors (Lipinski definition) is 1. The van der Waals surface area contributed by atoms with E-state index in [0.29, 0.717) is 5.56 Å². The minimum Gasteiger partial charge on any atom is -0.275 e. The van der Waals surface area contributed by atoms with Gasteiger partial charge >= 0.3 is 0 Å². The normalized spacial score (nSPS) is 11.4. The molecule has 20 heavy (non-hydrogen) atoms. The maximum absolute atomic E-state index is 13.5. The molecule has 0 fully saturated rings. The molecular weight excluding hydrogens is 326 g/mol. The van der Waals surface area contributed by atoms with Gasteiger partial charge in [0.15, 0.2) is 5.82 Å². The summed E-state index contributed by atoms with van der Waals surface area (Å²) in [5, 5.41) is -0.452. The molecule has 106 valence electrons. The fourth-order valence-electron chi connectivity index (χ4n) is 1.50. The summed E-state index contributed by atoms with van der Waals surface area (Å²) < 4.78 is 39.9. The first-order chi connectivity index (χ1) is 9.33. The van der Waals surface area contributed by atoms with Crippen LogP contribution in [0.2, 0.25) is 10.0 Å². The van der Waals surface area contributed by atoms with Crippen molar-refractivity contribution in [1.29, 1.82) is 0 Å². The summed E-state index contributed by atoms with van der Waals surface area (Å²) in [6.45, 7) is 1.69. The zero-order chi connectivity index (χ0) is 14.9. The second-order valence-corrected chi connectivity index (χ2v) is 6.33. The predicted molar refractivity (Wildman–Crippen MR) is 76.2 cm³/mol. The van der Waals surface area contributed by atoms with E-state index in [9.17, 15) is 12.8 Å². The first-order valence-electron chi connectivity index (χ1n) is 5.41. The van der Waals surface area contributed by atoms with E-state index in [1.54, 1.807) is 13.0 Å². The Labute approximate surface area is 125 Å². The van der Waals surface area contributed by atoms with Gasteiger partial charge in [-0.1, -0.05) is 29.3 Å². The van der Waals surface area contributed by atoms with Crippen LogP contribution in [0.1, 0.15) is 5.56 Å². The van der Waals surface area contributed by atoms with Crippen molar-refractivity contribution < 1.29 is 12.8 Å². The average molecular weight is 335 g/mol. The zero-order valence-electron chi connectivity index (χ0n) is 10.2. The van der Waals surface area contributed by atoms with Crippen LogP contribution in [0, 0.1) is 12.7 Å². The van der Waals surface area contributed by atoms with Crippen molar-refractivity contribution in [2.75, 3.05) is 4.72 Å². The SMILES string of the molecule is Cc1ccc(Cl)c(NS(=O)(=O)c2ncccc2F)c1Cl. The summed E-state index contributed by atoms with van der Waals surface area (Å²) in [6, 6.07) is 5.43. The van der Waals surface area contributed by atoms with Gasteiger partial charge in [0.25, 0.3) is 10.0 Å². The van der Waals surface area contributed by atoms with Gasteiger partial charge in [-0.15, -0.1) is 0 Å². The van der Waals surface area contributed by atoms with E-state index >= 15 is 0 Å². The molecule has 0 spiro atoms. The molecule has 0 saturated heterocycles. The molecule has 8 heteroatoms. The first-order valence-corrected chi connectivity index (χ1v) is 7.65. The number of pyridine rings is 1. The summed E-state index contributed by atoms with van der Waals surface area (Å²) in [5.74, 6) is -0.958. The van der Waals surface area contributed by atoms with Crippen molar-refractivity contribution >= 4 is 38.9 Å². The smallest absolute Gasteiger partial charge is 0.275 e. The maximum atomic E-state index is 13.5. The second kappa shape index (κ2) is 5.55. The third kappa shape index (κ3) is 2.87. The van der Waals surface area contributed by atoms with Crippen LogP contribution in [0.3, 0.4) is 0 Å². The highest BCUT2D eigenvalue weighted by atomic mass is 35.5. The minimum atomic E-state index is -4.21. The van der Waals surface area contributed by atoms with E-state index < -0.39 is 20.9 Å². The Morgan fingerprint density at radius 3 is 2.60 bits per heavy atom. The van der Waals surface area contributed by atoms with Crippen LogP contribution in [0.5, 0.6) is 0 Å². The molecule has 0 saturated carbocycles. The van der Waals surface area contributed by atoms with Crippen molar-refractivity contribution in [2.24, 2.45) is 0 Å². The van der Waals surface area contributed by atoms with Crippen LogP contribution < -0.4 is 4.72 Å². The molecule has 0 bridgehead atoms. The van der Waals surface area contributed by atoms with E-state index in [2.05, 4.69) is 9.71 Å². The number of benzene rings is 1. The topological polar surface area (TPSA) is 59.1 Å². The number of anilines is 1. The van der Waals surface area contributed by atoms with Crippen molar-refractivity contribution in [1.82, 2.24) is 4.98 Å². The molecule has 0 aliphatic heterocycles. The Morgan fingerprint density at radius 1 is 1.25 bits per heavy atom. The van der Waals surface area contributed by atoms with Crippen LogP contribution in [-0.2, 0) is 10.0 Å². The summed E-state index contributed by atoms with van der Waals surface area (Å²) in [5.41, 5.74) is 0.633. The lowest BCUT2D eigenvalue weighted by atomic mass is 10.2. The molecule has 1 heterocycles. The number of aromatic nitrogens is 1.